The normalized spacial score (nSPS) is 23.8. The SMILES string of the molecule is CC12Oc3cccc(c31)-c1ccccc12. The van der Waals surface area contributed by atoms with E-state index in [1.54, 1.807) is 0 Å². The van der Waals surface area contributed by atoms with E-state index >= 15 is 0 Å². The zero-order chi connectivity index (χ0) is 10.0. The zero-order valence-electron chi connectivity index (χ0n) is 8.45. The van der Waals surface area contributed by atoms with E-state index < -0.39 is 0 Å². The van der Waals surface area contributed by atoms with Crippen LogP contribution in [0.5, 0.6) is 5.75 Å². The molecule has 1 unspecified atom stereocenters. The summed E-state index contributed by atoms with van der Waals surface area (Å²) in [7, 11) is 0. The van der Waals surface area contributed by atoms with Crippen molar-refractivity contribution in [2.75, 3.05) is 0 Å². The number of rotatable bonds is 0. The topological polar surface area (TPSA) is 9.23 Å². The summed E-state index contributed by atoms with van der Waals surface area (Å²) >= 11 is 0. The fourth-order valence-electron chi connectivity index (χ4n) is 2.88. The zero-order valence-corrected chi connectivity index (χ0v) is 8.45. The van der Waals surface area contributed by atoms with Gasteiger partial charge in [0, 0.05) is 11.1 Å². The first-order chi connectivity index (χ1) is 7.31. The van der Waals surface area contributed by atoms with Gasteiger partial charge >= 0.3 is 0 Å². The summed E-state index contributed by atoms with van der Waals surface area (Å²) in [6, 6.07) is 14.8. The lowest BCUT2D eigenvalue weighted by atomic mass is 9.88. The molecule has 4 rings (SSSR count). The molecule has 0 aromatic heterocycles. The summed E-state index contributed by atoms with van der Waals surface area (Å²) in [5.74, 6) is 1.05. The quantitative estimate of drug-likeness (QED) is 0.625. The van der Waals surface area contributed by atoms with E-state index in [2.05, 4.69) is 43.3 Å². The lowest BCUT2D eigenvalue weighted by molar-refractivity contribution is 0.0803. The number of fused-ring (bicyclic) bond motifs is 3. The van der Waals surface area contributed by atoms with Crippen LogP contribution in [0.15, 0.2) is 42.5 Å². The van der Waals surface area contributed by atoms with E-state index in [0.29, 0.717) is 0 Å². The van der Waals surface area contributed by atoms with Gasteiger partial charge in [-0.25, -0.2) is 0 Å². The highest BCUT2D eigenvalue weighted by molar-refractivity contribution is 5.85. The van der Waals surface area contributed by atoms with Gasteiger partial charge in [0.1, 0.15) is 5.75 Å². The Morgan fingerprint density at radius 2 is 1.73 bits per heavy atom. The highest BCUT2D eigenvalue weighted by atomic mass is 16.5. The first kappa shape index (κ1) is 7.52. The van der Waals surface area contributed by atoms with Gasteiger partial charge in [-0.05, 0) is 24.1 Å². The van der Waals surface area contributed by atoms with Gasteiger partial charge in [-0.15, -0.1) is 0 Å². The predicted molar refractivity (Wildman–Crippen MR) is 59.0 cm³/mol. The monoisotopic (exact) mass is 194 g/mol. The van der Waals surface area contributed by atoms with Crippen LogP contribution in [-0.2, 0) is 5.60 Å². The third-order valence-corrected chi connectivity index (χ3v) is 3.55. The number of hydrogen-bond donors (Lipinski definition) is 0. The fourth-order valence-corrected chi connectivity index (χ4v) is 2.88. The molecule has 0 saturated heterocycles. The molecule has 0 amide bonds. The highest BCUT2D eigenvalue weighted by Gasteiger charge is 2.50. The van der Waals surface area contributed by atoms with Crippen molar-refractivity contribution in [1.29, 1.82) is 0 Å². The Balaban J connectivity index is 2.19. The molecule has 1 aliphatic carbocycles. The molecule has 1 atom stereocenters. The third-order valence-electron chi connectivity index (χ3n) is 3.55. The van der Waals surface area contributed by atoms with Crippen molar-refractivity contribution in [3.05, 3.63) is 53.6 Å². The molecule has 0 saturated carbocycles. The van der Waals surface area contributed by atoms with Crippen molar-refractivity contribution in [2.24, 2.45) is 0 Å². The Bertz CT molecular complexity index is 586. The van der Waals surface area contributed by atoms with Crippen LogP contribution in [0.1, 0.15) is 18.1 Å². The molecule has 15 heavy (non-hydrogen) atoms. The summed E-state index contributed by atoms with van der Waals surface area (Å²) in [5.41, 5.74) is 5.17. The lowest BCUT2D eigenvalue weighted by Crippen LogP contribution is -2.37. The Hall–Kier alpha value is -1.76. The Morgan fingerprint density at radius 1 is 0.933 bits per heavy atom. The Labute approximate surface area is 88.3 Å². The second kappa shape index (κ2) is 2.08. The molecule has 0 spiro atoms. The van der Waals surface area contributed by atoms with Crippen LogP contribution in [-0.4, -0.2) is 0 Å². The van der Waals surface area contributed by atoms with Crippen LogP contribution in [0.3, 0.4) is 0 Å². The molecule has 0 N–H and O–H groups in total. The Kier molecular flexibility index (Phi) is 1.04. The highest BCUT2D eigenvalue weighted by Crippen LogP contribution is 2.59. The second-order valence-electron chi connectivity index (χ2n) is 4.36. The van der Waals surface area contributed by atoms with Crippen LogP contribution >= 0.6 is 0 Å². The van der Waals surface area contributed by atoms with Gasteiger partial charge in [-0.3, -0.25) is 0 Å². The number of hydrogen-bond acceptors (Lipinski definition) is 1. The second-order valence-corrected chi connectivity index (χ2v) is 4.36. The maximum absolute atomic E-state index is 5.90. The van der Waals surface area contributed by atoms with Crippen LogP contribution in [0, 0.1) is 0 Å². The van der Waals surface area contributed by atoms with Crippen molar-refractivity contribution in [1.82, 2.24) is 0 Å². The average molecular weight is 194 g/mol. The molecule has 1 heterocycles. The molecular weight excluding hydrogens is 184 g/mol. The molecule has 0 bridgehead atoms. The smallest absolute Gasteiger partial charge is 0.161 e. The summed E-state index contributed by atoms with van der Waals surface area (Å²) in [4.78, 5) is 0. The molecule has 1 heteroatoms. The third kappa shape index (κ3) is 0.656. The largest absolute Gasteiger partial charge is 0.477 e. The van der Waals surface area contributed by atoms with E-state index in [0.717, 1.165) is 5.75 Å². The van der Waals surface area contributed by atoms with E-state index in [9.17, 15) is 0 Å². The molecule has 2 aromatic rings. The maximum Gasteiger partial charge on any atom is 0.161 e. The Morgan fingerprint density at radius 3 is 2.67 bits per heavy atom. The molecular formula is C14H10O. The molecule has 1 nitrogen and oxygen atoms in total. The molecule has 0 fully saturated rings. The fraction of sp³-hybridized carbons (Fsp3) is 0.143. The van der Waals surface area contributed by atoms with Gasteiger partial charge in [-0.1, -0.05) is 36.4 Å². The minimum absolute atomic E-state index is 0.178. The molecule has 2 aromatic carbocycles. The molecule has 72 valence electrons. The summed E-state index contributed by atoms with van der Waals surface area (Å²) < 4.78 is 5.90. The molecule has 2 aliphatic rings. The number of ether oxygens (including phenoxy) is 1. The van der Waals surface area contributed by atoms with Gasteiger partial charge in [0.25, 0.3) is 0 Å². The molecule has 0 radical (unpaired) electrons. The van der Waals surface area contributed by atoms with E-state index in [1.165, 1.54) is 22.3 Å². The van der Waals surface area contributed by atoms with E-state index in [1.807, 2.05) is 6.07 Å². The van der Waals surface area contributed by atoms with Crippen molar-refractivity contribution >= 4 is 0 Å². The predicted octanol–water partition coefficient (Wildman–Crippen LogP) is 3.32. The van der Waals surface area contributed by atoms with Crippen molar-refractivity contribution in [3.8, 4) is 16.9 Å². The first-order valence-corrected chi connectivity index (χ1v) is 5.23. The van der Waals surface area contributed by atoms with Gasteiger partial charge in [0.2, 0.25) is 0 Å². The minimum atomic E-state index is -0.178. The van der Waals surface area contributed by atoms with Crippen LogP contribution in [0.4, 0.5) is 0 Å². The van der Waals surface area contributed by atoms with Crippen LogP contribution in [0.25, 0.3) is 11.1 Å². The average Bonchev–Trinajstić information content (AvgIpc) is 2.48. The van der Waals surface area contributed by atoms with E-state index in [4.69, 9.17) is 4.74 Å². The summed E-state index contributed by atoms with van der Waals surface area (Å²) in [6.07, 6.45) is 0. The van der Waals surface area contributed by atoms with Gasteiger partial charge in [0.05, 0.1) is 0 Å². The standard InChI is InChI=1S/C14H10O/c1-14-11-7-3-2-5-9(11)10-6-4-8-12(15-14)13(10)14/h2-8H,1H3. The summed E-state index contributed by atoms with van der Waals surface area (Å²) in [6.45, 7) is 2.16. The van der Waals surface area contributed by atoms with Gasteiger partial charge in [0.15, 0.2) is 5.60 Å². The number of benzene rings is 2. The van der Waals surface area contributed by atoms with Crippen molar-refractivity contribution < 1.29 is 4.74 Å². The van der Waals surface area contributed by atoms with Crippen molar-refractivity contribution in [2.45, 2.75) is 12.5 Å². The lowest BCUT2D eigenvalue weighted by Gasteiger charge is -2.38. The van der Waals surface area contributed by atoms with E-state index in [-0.39, 0.29) is 5.60 Å². The van der Waals surface area contributed by atoms with Crippen LogP contribution in [0.2, 0.25) is 0 Å². The maximum atomic E-state index is 5.90. The first-order valence-electron chi connectivity index (χ1n) is 5.23. The summed E-state index contributed by atoms with van der Waals surface area (Å²) in [5, 5.41) is 0. The minimum Gasteiger partial charge on any atom is -0.477 e. The van der Waals surface area contributed by atoms with Gasteiger partial charge in [-0.2, -0.15) is 0 Å². The van der Waals surface area contributed by atoms with Gasteiger partial charge < -0.3 is 4.74 Å². The molecule has 1 aliphatic heterocycles. The van der Waals surface area contributed by atoms with Crippen LogP contribution < -0.4 is 4.74 Å². The van der Waals surface area contributed by atoms with Crippen molar-refractivity contribution in [3.63, 3.8) is 0 Å².